The maximum absolute atomic E-state index is 13.8. The normalized spacial score (nSPS) is 11.1. The number of nitrogens with one attached hydrogen (secondary N) is 1. The number of benzene rings is 2. The average molecular weight is 455 g/mol. The minimum atomic E-state index is -2.03. The minimum Gasteiger partial charge on any atom is -0.400 e. The Balaban J connectivity index is 0.00000155. The van der Waals surface area contributed by atoms with Gasteiger partial charge in [-0.15, -0.1) is 11.3 Å². The maximum atomic E-state index is 13.8. The first-order valence-corrected chi connectivity index (χ1v) is 10.2. The van der Waals surface area contributed by atoms with E-state index in [9.17, 15) is 22.7 Å². The Morgan fingerprint density at radius 3 is 2.37 bits per heavy atom. The highest BCUT2D eigenvalue weighted by Crippen LogP contribution is 2.35. The van der Waals surface area contributed by atoms with Crippen molar-refractivity contribution in [1.29, 1.82) is 0 Å². The Labute approximate surface area is 177 Å². The highest BCUT2D eigenvalue weighted by atomic mass is 32.2. The monoisotopic (exact) mass is 455 g/mol. The molecular formula is C19H17F2N2O5S2+. The van der Waals surface area contributed by atoms with E-state index in [1.807, 2.05) is 0 Å². The summed E-state index contributed by atoms with van der Waals surface area (Å²) in [6, 6.07) is 10.7. The molecule has 0 spiro atoms. The number of thiophene rings is 1. The second-order valence-corrected chi connectivity index (χ2v) is 7.70. The number of aldehydes is 1. The number of aliphatic hydroxyl groups excluding tert-OH is 1. The highest BCUT2D eigenvalue weighted by molar-refractivity contribution is 7.86. The van der Waals surface area contributed by atoms with E-state index in [1.165, 1.54) is 7.11 Å². The van der Waals surface area contributed by atoms with Gasteiger partial charge in [0.2, 0.25) is 0 Å². The van der Waals surface area contributed by atoms with E-state index in [4.69, 9.17) is 5.11 Å². The fourth-order valence-corrected chi connectivity index (χ4v) is 4.25. The SMILES string of the molecule is CO.CO[N+](=O)c1ccc(-c2cc(NS(=O)c3ccc(F)cc3F)c(C=O)s2)cc1. The summed E-state index contributed by atoms with van der Waals surface area (Å²) in [5.74, 6) is -1.73. The van der Waals surface area contributed by atoms with Crippen molar-refractivity contribution in [3.05, 3.63) is 69.9 Å². The predicted octanol–water partition coefficient (Wildman–Crippen LogP) is 4.22. The zero-order chi connectivity index (χ0) is 22.3. The van der Waals surface area contributed by atoms with Crippen LogP contribution in [0.2, 0.25) is 0 Å². The van der Waals surface area contributed by atoms with E-state index in [-0.39, 0.29) is 15.5 Å². The first-order chi connectivity index (χ1) is 14.4. The van der Waals surface area contributed by atoms with Crippen molar-refractivity contribution < 1.29 is 32.7 Å². The summed E-state index contributed by atoms with van der Waals surface area (Å²) in [6.07, 6.45) is 0.591. The van der Waals surface area contributed by atoms with E-state index in [1.54, 1.807) is 30.3 Å². The van der Waals surface area contributed by atoms with Crippen LogP contribution in [0.4, 0.5) is 20.2 Å². The average Bonchev–Trinajstić information content (AvgIpc) is 3.17. The van der Waals surface area contributed by atoms with E-state index in [0.29, 0.717) is 33.4 Å². The van der Waals surface area contributed by atoms with E-state index < -0.39 is 22.6 Å². The summed E-state index contributed by atoms with van der Waals surface area (Å²) in [4.78, 5) is 28.4. The molecule has 7 nitrogen and oxygen atoms in total. The van der Waals surface area contributed by atoms with Gasteiger partial charge in [0.25, 0.3) is 4.92 Å². The van der Waals surface area contributed by atoms with Gasteiger partial charge in [0.1, 0.15) is 11.6 Å². The lowest BCUT2D eigenvalue weighted by Crippen LogP contribution is -2.07. The van der Waals surface area contributed by atoms with Crippen molar-refractivity contribution in [2.45, 2.75) is 4.90 Å². The molecule has 11 heteroatoms. The molecule has 0 aliphatic carbocycles. The summed E-state index contributed by atoms with van der Waals surface area (Å²) >= 11 is 1.13. The third kappa shape index (κ3) is 5.32. The summed E-state index contributed by atoms with van der Waals surface area (Å²) in [5.41, 5.74) is 1.27. The molecule has 1 heterocycles. The predicted molar refractivity (Wildman–Crippen MR) is 110 cm³/mol. The lowest BCUT2D eigenvalue weighted by atomic mass is 10.1. The smallest absolute Gasteiger partial charge is 0.316 e. The van der Waals surface area contributed by atoms with Crippen molar-refractivity contribution in [1.82, 2.24) is 0 Å². The van der Waals surface area contributed by atoms with Gasteiger partial charge in [0, 0.05) is 30.2 Å². The number of hydrogen-bond donors (Lipinski definition) is 2. The molecule has 1 unspecified atom stereocenters. The third-order valence-corrected chi connectivity index (χ3v) is 5.94. The number of nitrogens with zero attached hydrogens (tertiary/aromatic N) is 1. The van der Waals surface area contributed by atoms with Gasteiger partial charge in [-0.3, -0.25) is 9.52 Å². The van der Waals surface area contributed by atoms with Crippen LogP contribution in [0.5, 0.6) is 0 Å². The van der Waals surface area contributed by atoms with Crippen LogP contribution in [0.3, 0.4) is 0 Å². The quantitative estimate of drug-likeness (QED) is 0.411. The van der Waals surface area contributed by atoms with Crippen molar-refractivity contribution in [2.75, 3.05) is 18.9 Å². The standard InChI is InChI=1S/C18H12F2N2O4S2.CH4O/c1-26-22(24)13-5-2-11(3-6-13)16-9-15(17(10-23)27-16)21-28(25)18-7-4-12(19)8-14(18)20;1-2/h2-10H,1H3;2H,1H3/p+1. The summed E-state index contributed by atoms with van der Waals surface area (Å²) in [5, 5.41) is 7.00. The van der Waals surface area contributed by atoms with E-state index in [2.05, 4.69) is 9.56 Å². The maximum Gasteiger partial charge on any atom is 0.316 e. The number of rotatable bonds is 7. The molecule has 2 aromatic carbocycles. The second kappa shape index (κ2) is 10.7. The van der Waals surface area contributed by atoms with Crippen molar-refractivity contribution >= 4 is 40.0 Å². The molecule has 3 rings (SSSR count). The fraction of sp³-hybridized carbons (Fsp3) is 0.105. The molecule has 0 fully saturated rings. The molecule has 0 radical (unpaired) electrons. The third-order valence-electron chi connectivity index (χ3n) is 3.69. The minimum absolute atomic E-state index is 0.231. The lowest BCUT2D eigenvalue weighted by Gasteiger charge is -2.06. The molecule has 0 bridgehead atoms. The largest absolute Gasteiger partial charge is 0.400 e. The van der Waals surface area contributed by atoms with Crippen LogP contribution in [-0.2, 0) is 15.8 Å². The topological polar surface area (TPSA) is 95.7 Å². The van der Waals surface area contributed by atoms with Crippen LogP contribution < -0.4 is 4.72 Å². The molecule has 30 heavy (non-hydrogen) atoms. The number of carbonyl (C=O) groups excluding carboxylic acids is 1. The number of hydrogen-bond acceptors (Lipinski definition) is 6. The Morgan fingerprint density at radius 1 is 1.13 bits per heavy atom. The summed E-state index contributed by atoms with van der Waals surface area (Å²) in [6.45, 7) is 0. The first kappa shape index (κ1) is 23.3. The molecular weight excluding hydrogens is 438 g/mol. The van der Waals surface area contributed by atoms with Gasteiger partial charge < -0.3 is 5.11 Å². The summed E-state index contributed by atoms with van der Waals surface area (Å²) < 4.78 is 41.8. The zero-order valence-corrected chi connectivity index (χ0v) is 17.4. The van der Waals surface area contributed by atoms with Gasteiger partial charge in [-0.2, -0.15) is 0 Å². The highest BCUT2D eigenvalue weighted by Gasteiger charge is 2.18. The molecule has 0 saturated carbocycles. The number of aliphatic hydroxyl groups is 1. The van der Waals surface area contributed by atoms with Gasteiger partial charge in [-0.05, 0) is 35.9 Å². The van der Waals surface area contributed by atoms with Crippen LogP contribution in [0.25, 0.3) is 10.4 Å². The van der Waals surface area contributed by atoms with E-state index in [0.717, 1.165) is 30.6 Å². The molecule has 1 aromatic heterocycles. The van der Waals surface area contributed by atoms with Crippen LogP contribution in [0.15, 0.2) is 53.4 Å². The molecule has 158 valence electrons. The molecule has 0 aliphatic rings. The molecule has 0 aliphatic heterocycles. The molecule has 0 amide bonds. The Bertz CT molecular complexity index is 1070. The van der Waals surface area contributed by atoms with E-state index >= 15 is 0 Å². The first-order valence-electron chi connectivity index (χ1n) is 8.22. The molecule has 0 saturated heterocycles. The lowest BCUT2D eigenvalue weighted by molar-refractivity contribution is -0.736. The van der Waals surface area contributed by atoms with Gasteiger partial charge in [0.15, 0.2) is 24.4 Å². The van der Waals surface area contributed by atoms with Crippen molar-refractivity contribution in [3.8, 4) is 10.4 Å². The molecule has 3 aromatic rings. The van der Waals surface area contributed by atoms with Crippen LogP contribution in [-0.4, -0.2) is 34.7 Å². The second-order valence-electron chi connectivity index (χ2n) is 5.44. The number of halogens is 2. The fourth-order valence-electron chi connectivity index (χ4n) is 2.35. The van der Waals surface area contributed by atoms with Gasteiger partial charge >= 0.3 is 5.69 Å². The van der Waals surface area contributed by atoms with Crippen LogP contribution in [0, 0.1) is 16.5 Å². The number of carbonyl (C=O) groups is 1. The summed E-state index contributed by atoms with van der Waals surface area (Å²) in [7, 11) is 0.220. The van der Waals surface area contributed by atoms with Gasteiger partial charge in [-0.1, -0.05) is 0 Å². The van der Waals surface area contributed by atoms with Gasteiger partial charge in [-0.25, -0.2) is 17.8 Å². The number of anilines is 1. The Hall–Kier alpha value is -3.02. The molecule has 1 atom stereocenters. The zero-order valence-electron chi connectivity index (χ0n) is 15.8. The van der Waals surface area contributed by atoms with Crippen molar-refractivity contribution in [2.24, 2.45) is 0 Å². The Morgan fingerprint density at radius 2 is 1.80 bits per heavy atom. The van der Waals surface area contributed by atoms with Crippen LogP contribution >= 0.6 is 11.3 Å². The van der Waals surface area contributed by atoms with Crippen molar-refractivity contribution in [3.63, 3.8) is 0 Å². The van der Waals surface area contributed by atoms with Gasteiger partial charge in [0.05, 0.1) is 20.4 Å². The Kier molecular flexibility index (Phi) is 8.27. The van der Waals surface area contributed by atoms with Crippen LogP contribution in [0.1, 0.15) is 9.67 Å². The molecule has 2 N–H and O–H groups in total.